The highest BCUT2D eigenvalue weighted by Crippen LogP contribution is 2.19. The summed E-state index contributed by atoms with van der Waals surface area (Å²) in [6.45, 7) is 6.97. The summed E-state index contributed by atoms with van der Waals surface area (Å²) in [7, 11) is 1.86. The number of amides is 1. The molecular weight excluding hydrogens is 212 g/mol. The number of nitrogens with zero attached hydrogens (tertiary/aromatic N) is 2. The number of hydrogen-bond donors (Lipinski definition) is 0. The van der Waals surface area contributed by atoms with Crippen LogP contribution in [0.25, 0.3) is 0 Å². The Morgan fingerprint density at radius 1 is 1.35 bits per heavy atom. The van der Waals surface area contributed by atoms with Gasteiger partial charge in [0.1, 0.15) is 0 Å². The second kappa shape index (κ2) is 5.80. The predicted octanol–water partition coefficient (Wildman–Crippen LogP) is 2.52. The number of aromatic nitrogens is 1. The van der Waals surface area contributed by atoms with Crippen LogP contribution in [-0.4, -0.2) is 29.4 Å². The van der Waals surface area contributed by atoms with E-state index < -0.39 is 0 Å². The van der Waals surface area contributed by atoms with E-state index in [-0.39, 0.29) is 11.3 Å². The van der Waals surface area contributed by atoms with Gasteiger partial charge in [-0.05, 0) is 17.5 Å². The molecule has 0 atom stereocenters. The molecule has 0 unspecified atom stereocenters. The number of carbonyl (C=O) groups excluding carboxylic acids is 1. The minimum atomic E-state index is 0.0519. The van der Waals surface area contributed by atoms with Gasteiger partial charge in [-0.2, -0.15) is 0 Å². The molecule has 94 valence electrons. The Labute approximate surface area is 104 Å². The van der Waals surface area contributed by atoms with E-state index in [9.17, 15) is 4.79 Å². The lowest BCUT2D eigenvalue weighted by Gasteiger charge is -2.23. The fraction of sp³-hybridized carbons (Fsp3) is 0.571. The van der Waals surface area contributed by atoms with Crippen molar-refractivity contribution in [2.24, 2.45) is 5.41 Å². The molecule has 0 aliphatic rings. The molecule has 1 aromatic heterocycles. The van der Waals surface area contributed by atoms with Crippen molar-refractivity contribution in [1.29, 1.82) is 0 Å². The third-order valence-corrected chi connectivity index (χ3v) is 2.54. The Kier molecular flexibility index (Phi) is 4.67. The molecule has 1 amide bonds. The lowest BCUT2D eigenvalue weighted by atomic mass is 9.91. The minimum absolute atomic E-state index is 0.0519. The van der Waals surface area contributed by atoms with Gasteiger partial charge in [-0.25, -0.2) is 0 Å². The molecule has 1 rings (SSSR count). The number of rotatable bonds is 4. The van der Waals surface area contributed by atoms with Crippen LogP contribution in [-0.2, 0) is 11.2 Å². The van der Waals surface area contributed by atoms with Crippen molar-refractivity contribution in [1.82, 2.24) is 9.88 Å². The van der Waals surface area contributed by atoms with Crippen LogP contribution in [0, 0.1) is 5.41 Å². The van der Waals surface area contributed by atoms with Gasteiger partial charge in [0, 0.05) is 38.3 Å². The monoisotopic (exact) mass is 234 g/mol. The molecule has 0 aliphatic carbocycles. The van der Waals surface area contributed by atoms with Crippen LogP contribution in [0.4, 0.5) is 0 Å². The second-order valence-corrected chi connectivity index (χ2v) is 5.62. The van der Waals surface area contributed by atoms with Gasteiger partial charge in [0.2, 0.25) is 5.91 Å². The normalized spacial score (nSPS) is 11.3. The van der Waals surface area contributed by atoms with Gasteiger partial charge >= 0.3 is 0 Å². The van der Waals surface area contributed by atoms with E-state index in [1.807, 2.05) is 25.2 Å². The molecule has 0 aromatic carbocycles. The summed E-state index contributed by atoms with van der Waals surface area (Å²) >= 11 is 0. The first-order valence-corrected chi connectivity index (χ1v) is 6.02. The SMILES string of the molecule is CN(CCc1ccccn1)C(=O)CC(C)(C)C. The average Bonchev–Trinajstić information content (AvgIpc) is 2.25. The highest BCUT2D eigenvalue weighted by Gasteiger charge is 2.18. The van der Waals surface area contributed by atoms with Crippen LogP contribution in [0.2, 0.25) is 0 Å². The van der Waals surface area contributed by atoms with Crippen molar-refractivity contribution < 1.29 is 4.79 Å². The molecule has 1 aromatic rings. The van der Waals surface area contributed by atoms with Crippen molar-refractivity contribution >= 4 is 5.91 Å². The van der Waals surface area contributed by atoms with Crippen molar-refractivity contribution in [2.45, 2.75) is 33.6 Å². The van der Waals surface area contributed by atoms with Gasteiger partial charge in [-0.1, -0.05) is 26.8 Å². The summed E-state index contributed by atoms with van der Waals surface area (Å²) in [6.07, 6.45) is 3.19. The molecule has 17 heavy (non-hydrogen) atoms. The molecule has 3 nitrogen and oxygen atoms in total. The predicted molar refractivity (Wildman–Crippen MR) is 69.7 cm³/mol. The van der Waals surface area contributed by atoms with Gasteiger partial charge in [0.15, 0.2) is 0 Å². The van der Waals surface area contributed by atoms with Crippen LogP contribution >= 0.6 is 0 Å². The zero-order valence-corrected chi connectivity index (χ0v) is 11.2. The molecule has 0 aliphatic heterocycles. The maximum Gasteiger partial charge on any atom is 0.222 e. The average molecular weight is 234 g/mol. The van der Waals surface area contributed by atoms with E-state index >= 15 is 0 Å². The van der Waals surface area contributed by atoms with Crippen LogP contribution in [0.3, 0.4) is 0 Å². The zero-order chi connectivity index (χ0) is 12.9. The molecule has 0 N–H and O–H groups in total. The van der Waals surface area contributed by atoms with E-state index in [1.54, 1.807) is 11.1 Å². The number of carbonyl (C=O) groups is 1. The van der Waals surface area contributed by atoms with Crippen LogP contribution < -0.4 is 0 Å². The van der Waals surface area contributed by atoms with Crippen molar-refractivity contribution in [2.75, 3.05) is 13.6 Å². The Morgan fingerprint density at radius 3 is 2.59 bits per heavy atom. The standard InChI is InChI=1S/C14H22N2O/c1-14(2,3)11-13(17)16(4)10-8-12-7-5-6-9-15-12/h5-7,9H,8,10-11H2,1-4H3. The Morgan fingerprint density at radius 2 is 2.06 bits per heavy atom. The molecule has 0 bridgehead atoms. The van der Waals surface area contributed by atoms with Crippen LogP contribution in [0.1, 0.15) is 32.9 Å². The number of hydrogen-bond acceptors (Lipinski definition) is 2. The first-order valence-electron chi connectivity index (χ1n) is 6.02. The molecule has 0 saturated heterocycles. The highest BCUT2D eigenvalue weighted by atomic mass is 16.2. The van der Waals surface area contributed by atoms with Crippen LogP contribution in [0.15, 0.2) is 24.4 Å². The van der Waals surface area contributed by atoms with Gasteiger partial charge < -0.3 is 4.90 Å². The summed E-state index contributed by atoms with van der Waals surface area (Å²) in [5, 5.41) is 0. The molecule has 3 heteroatoms. The van der Waals surface area contributed by atoms with E-state index in [0.29, 0.717) is 6.42 Å². The third kappa shape index (κ3) is 5.48. The summed E-state index contributed by atoms with van der Waals surface area (Å²) in [4.78, 5) is 17.9. The fourth-order valence-corrected chi connectivity index (χ4v) is 1.54. The summed E-state index contributed by atoms with van der Waals surface area (Å²) in [5.74, 6) is 0.202. The summed E-state index contributed by atoms with van der Waals surface area (Å²) < 4.78 is 0. The molecule has 0 fully saturated rings. The molecular formula is C14H22N2O. The van der Waals surface area contributed by atoms with Gasteiger partial charge in [0.25, 0.3) is 0 Å². The Balaban J connectivity index is 2.40. The van der Waals surface area contributed by atoms with E-state index in [1.165, 1.54) is 0 Å². The number of pyridine rings is 1. The highest BCUT2D eigenvalue weighted by molar-refractivity contribution is 5.76. The second-order valence-electron chi connectivity index (χ2n) is 5.62. The first-order chi connectivity index (χ1) is 7.88. The smallest absolute Gasteiger partial charge is 0.222 e. The molecule has 1 heterocycles. The minimum Gasteiger partial charge on any atom is -0.345 e. The van der Waals surface area contributed by atoms with E-state index in [4.69, 9.17) is 0 Å². The lowest BCUT2D eigenvalue weighted by molar-refractivity contribution is -0.131. The quantitative estimate of drug-likeness (QED) is 0.802. The maximum atomic E-state index is 11.9. The molecule has 0 spiro atoms. The largest absolute Gasteiger partial charge is 0.345 e. The van der Waals surface area contributed by atoms with Gasteiger partial charge in [0.05, 0.1) is 0 Å². The van der Waals surface area contributed by atoms with Crippen molar-refractivity contribution in [3.05, 3.63) is 30.1 Å². The lowest BCUT2D eigenvalue weighted by Crippen LogP contribution is -2.31. The first kappa shape index (κ1) is 13.7. The van der Waals surface area contributed by atoms with Crippen LogP contribution in [0.5, 0.6) is 0 Å². The number of likely N-dealkylation sites (N-methyl/N-ethyl adjacent to an activating group) is 1. The van der Waals surface area contributed by atoms with Gasteiger partial charge in [-0.3, -0.25) is 9.78 Å². The summed E-state index contributed by atoms with van der Waals surface area (Å²) in [5.41, 5.74) is 1.08. The zero-order valence-electron chi connectivity index (χ0n) is 11.2. The molecule has 0 saturated carbocycles. The van der Waals surface area contributed by atoms with Gasteiger partial charge in [-0.15, -0.1) is 0 Å². The van der Waals surface area contributed by atoms with Crippen molar-refractivity contribution in [3.63, 3.8) is 0 Å². The molecule has 0 radical (unpaired) electrons. The topological polar surface area (TPSA) is 33.2 Å². The Hall–Kier alpha value is -1.38. The Bertz CT molecular complexity index is 354. The van der Waals surface area contributed by atoms with E-state index in [2.05, 4.69) is 25.8 Å². The maximum absolute atomic E-state index is 11.9. The van der Waals surface area contributed by atoms with Crippen molar-refractivity contribution in [3.8, 4) is 0 Å². The third-order valence-electron chi connectivity index (χ3n) is 2.54. The fourth-order valence-electron chi connectivity index (χ4n) is 1.54. The summed E-state index contributed by atoms with van der Waals surface area (Å²) in [6, 6.07) is 5.86. The van der Waals surface area contributed by atoms with E-state index in [0.717, 1.165) is 18.7 Å².